The van der Waals surface area contributed by atoms with E-state index >= 15 is 0 Å². The van der Waals surface area contributed by atoms with Gasteiger partial charge in [0.05, 0.1) is 13.5 Å². The minimum absolute atomic E-state index is 0.0275. The van der Waals surface area contributed by atoms with Crippen LogP contribution < -0.4 is 15.0 Å². The first-order valence-electron chi connectivity index (χ1n) is 10.7. The van der Waals surface area contributed by atoms with Gasteiger partial charge in [-0.05, 0) is 38.2 Å². The van der Waals surface area contributed by atoms with Gasteiger partial charge in [-0.15, -0.1) is 0 Å². The Balaban J connectivity index is 1.39. The summed E-state index contributed by atoms with van der Waals surface area (Å²) in [5.41, 5.74) is -0.192. The molecule has 2 atom stereocenters. The molecule has 0 unspecified atom stereocenters. The normalized spacial score (nSPS) is 26.3. The molecule has 3 fully saturated rings. The predicted octanol–water partition coefficient (Wildman–Crippen LogP) is 2.54. The van der Waals surface area contributed by atoms with Crippen molar-refractivity contribution in [2.75, 3.05) is 31.6 Å². The first kappa shape index (κ1) is 21.9. The summed E-state index contributed by atoms with van der Waals surface area (Å²) in [7, 11) is 1.44. The van der Waals surface area contributed by atoms with Crippen molar-refractivity contribution >= 4 is 34.9 Å². The van der Waals surface area contributed by atoms with Gasteiger partial charge in [-0.2, -0.15) is 0 Å². The zero-order chi connectivity index (χ0) is 22.3. The highest BCUT2D eigenvalue weighted by molar-refractivity contribution is 6.32. The molecule has 2 amide bonds. The van der Waals surface area contributed by atoms with Crippen molar-refractivity contribution in [1.82, 2.24) is 10.2 Å². The molecule has 1 aromatic rings. The number of hydrogen-bond donors (Lipinski definition) is 1. The van der Waals surface area contributed by atoms with Crippen molar-refractivity contribution in [3.05, 3.63) is 23.0 Å². The van der Waals surface area contributed by atoms with Crippen LogP contribution in [0.3, 0.4) is 0 Å². The lowest BCUT2D eigenvalue weighted by Gasteiger charge is -2.41. The number of rotatable bonds is 6. The largest absolute Gasteiger partial charge is 0.495 e. The van der Waals surface area contributed by atoms with Crippen LogP contribution in [0.4, 0.5) is 10.1 Å². The van der Waals surface area contributed by atoms with Gasteiger partial charge in [-0.1, -0.05) is 11.6 Å². The van der Waals surface area contributed by atoms with Crippen molar-refractivity contribution in [3.63, 3.8) is 0 Å². The molecule has 0 aromatic heterocycles. The molecular weight excluding hydrogens is 425 g/mol. The summed E-state index contributed by atoms with van der Waals surface area (Å²) >= 11 is 5.93. The van der Waals surface area contributed by atoms with Gasteiger partial charge in [0.25, 0.3) is 0 Å². The molecule has 0 spiro atoms. The first-order chi connectivity index (χ1) is 14.7. The predicted molar refractivity (Wildman–Crippen MR) is 114 cm³/mol. The summed E-state index contributed by atoms with van der Waals surface area (Å²) < 4.78 is 19.3. The zero-order valence-corrected chi connectivity index (χ0v) is 18.5. The SMILES string of the molecule is COc1cc(N2CCN(C(=O)CC[C@@]3(C4CC4)NC(=O)CC3=O)C[C@@H]2C)cc(F)c1Cl. The molecule has 0 bridgehead atoms. The van der Waals surface area contributed by atoms with Crippen LogP contribution in [0, 0.1) is 11.7 Å². The summed E-state index contributed by atoms with van der Waals surface area (Å²) in [6, 6.07) is 3.05. The standard InChI is InChI=1S/C22H27ClFN3O4/c1-13-12-26(7-8-27(13)15-9-16(24)21(23)17(10-15)31-2)20(30)5-6-22(14-3-4-14)18(28)11-19(29)25-22/h9-10,13-14H,3-8,11-12H2,1-2H3,(H,25,29)/t13-,22-/m0/s1. The van der Waals surface area contributed by atoms with E-state index in [0.29, 0.717) is 31.7 Å². The first-order valence-corrected chi connectivity index (χ1v) is 11.0. The fraction of sp³-hybridized carbons (Fsp3) is 0.591. The summed E-state index contributed by atoms with van der Waals surface area (Å²) in [6.45, 7) is 3.50. The van der Waals surface area contributed by atoms with Gasteiger partial charge in [0.2, 0.25) is 11.8 Å². The van der Waals surface area contributed by atoms with E-state index < -0.39 is 11.4 Å². The van der Waals surface area contributed by atoms with Gasteiger partial charge in [-0.25, -0.2) is 4.39 Å². The number of amides is 2. The Morgan fingerprint density at radius 3 is 2.65 bits per heavy atom. The van der Waals surface area contributed by atoms with E-state index in [1.807, 2.05) is 11.8 Å². The molecule has 1 aromatic carbocycles. The van der Waals surface area contributed by atoms with Crippen molar-refractivity contribution in [1.29, 1.82) is 0 Å². The topological polar surface area (TPSA) is 79.0 Å². The second-order valence-electron chi connectivity index (χ2n) is 8.72. The third kappa shape index (κ3) is 4.10. The van der Waals surface area contributed by atoms with E-state index in [1.54, 1.807) is 11.0 Å². The van der Waals surface area contributed by atoms with Crippen LogP contribution >= 0.6 is 11.6 Å². The molecule has 2 heterocycles. The number of nitrogens with zero attached hydrogens (tertiary/aromatic N) is 2. The third-order valence-corrected chi connectivity index (χ3v) is 7.07. The van der Waals surface area contributed by atoms with E-state index in [0.717, 1.165) is 12.8 Å². The highest BCUT2D eigenvalue weighted by Gasteiger charge is 2.55. The number of methoxy groups -OCH3 is 1. The maximum atomic E-state index is 14.2. The number of halogens is 2. The van der Waals surface area contributed by atoms with E-state index in [1.165, 1.54) is 13.2 Å². The Hall–Kier alpha value is -2.35. The maximum absolute atomic E-state index is 14.2. The van der Waals surface area contributed by atoms with Crippen molar-refractivity contribution in [2.45, 2.75) is 50.6 Å². The number of anilines is 1. The molecule has 2 aliphatic heterocycles. The van der Waals surface area contributed by atoms with Gasteiger partial charge in [0, 0.05) is 43.9 Å². The highest BCUT2D eigenvalue weighted by Crippen LogP contribution is 2.45. The second-order valence-corrected chi connectivity index (χ2v) is 9.10. The number of carbonyl (C=O) groups is 3. The summed E-state index contributed by atoms with van der Waals surface area (Å²) in [5.74, 6) is -0.460. The van der Waals surface area contributed by atoms with E-state index in [9.17, 15) is 18.8 Å². The van der Waals surface area contributed by atoms with Crippen LogP contribution in [-0.2, 0) is 14.4 Å². The third-order valence-electron chi connectivity index (χ3n) is 6.70. The van der Waals surface area contributed by atoms with Crippen LogP contribution in [-0.4, -0.2) is 60.8 Å². The van der Waals surface area contributed by atoms with E-state index in [4.69, 9.17) is 16.3 Å². The average molecular weight is 452 g/mol. The number of hydrogen-bond acceptors (Lipinski definition) is 5. The lowest BCUT2D eigenvalue weighted by Crippen LogP contribution is -2.54. The number of ether oxygens (including phenoxy) is 1. The van der Waals surface area contributed by atoms with Crippen LogP contribution in [0.5, 0.6) is 5.75 Å². The summed E-state index contributed by atoms with van der Waals surface area (Å²) in [4.78, 5) is 41.0. The van der Waals surface area contributed by atoms with Crippen molar-refractivity contribution in [3.8, 4) is 5.75 Å². The molecule has 7 nitrogen and oxygen atoms in total. The van der Waals surface area contributed by atoms with Gasteiger partial charge in [0.1, 0.15) is 22.1 Å². The Kier molecular flexibility index (Phi) is 5.85. The molecule has 1 aliphatic carbocycles. The molecule has 2 saturated heterocycles. The number of nitrogens with one attached hydrogen (secondary N) is 1. The van der Waals surface area contributed by atoms with Crippen LogP contribution in [0.25, 0.3) is 0 Å². The van der Waals surface area contributed by atoms with Crippen LogP contribution in [0.2, 0.25) is 5.02 Å². The molecule has 0 radical (unpaired) electrons. The van der Waals surface area contributed by atoms with Gasteiger partial charge < -0.3 is 19.9 Å². The molecule has 3 aliphatic rings. The number of carbonyl (C=O) groups excluding carboxylic acids is 3. The van der Waals surface area contributed by atoms with Gasteiger partial charge >= 0.3 is 0 Å². The molecule has 31 heavy (non-hydrogen) atoms. The van der Waals surface area contributed by atoms with Gasteiger partial charge in [0.15, 0.2) is 5.78 Å². The average Bonchev–Trinajstić information content (AvgIpc) is 3.54. The number of Topliss-reactive ketones (excluding diaryl/α,β-unsaturated/α-hetero) is 1. The minimum atomic E-state index is -0.850. The van der Waals surface area contributed by atoms with Crippen LogP contribution in [0.1, 0.15) is 39.0 Å². The Morgan fingerprint density at radius 2 is 2.06 bits per heavy atom. The van der Waals surface area contributed by atoms with Gasteiger partial charge in [-0.3, -0.25) is 14.4 Å². The molecule has 1 N–H and O–H groups in total. The second kappa shape index (κ2) is 8.30. The molecule has 4 rings (SSSR count). The number of piperazine rings is 1. The Bertz CT molecular complexity index is 922. The van der Waals surface area contributed by atoms with Crippen molar-refractivity contribution in [2.24, 2.45) is 5.92 Å². The lowest BCUT2D eigenvalue weighted by molar-refractivity contribution is -0.133. The summed E-state index contributed by atoms with van der Waals surface area (Å²) in [6.07, 6.45) is 2.32. The quantitative estimate of drug-likeness (QED) is 0.672. The minimum Gasteiger partial charge on any atom is -0.495 e. The molecule has 168 valence electrons. The summed E-state index contributed by atoms with van der Waals surface area (Å²) in [5, 5.41) is 2.82. The molecule has 1 saturated carbocycles. The van der Waals surface area contributed by atoms with E-state index in [2.05, 4.69) is 5.32 Å². The maximum Gasteiger partial charge on any atom is 0.228 e. The van der Waals surface area contributed by atoms with Crippen LogP contribution in [0.15, 0.2) is 12.1 Å². The zero-order valence-electron chi connectivity index (χ0n) is 17.7. The highest BCUT2D eigenvalue weighted by atomic mass is 35.5. The molecular formula is C22H27ClFN3O4. The monoisotopic (exact) mass is 451 g/mol. The smallest absolute Gasteiger partial charge is 0.228 e. The van der Waals surface area contributed by atoms with Crippen molar-refractivity contribution < 1.29 is 23.5 Å². The number of ketones is 1. The Labute approximate surface area is 185 Å². The molecule has 9 heteroatoms. The number of benzene rings is 1. The fourth-order valence-electron chi connectivity index (χ4n) is 4.87. The lowest BCUT2D eigenvalue weighted by atomic mass is 9.85. The Morgan fingerprint density at radius 1 is 1.32 bits per heavy atom. The van der Waals surface area contributed by atoms with E-state index in [-0.39, 0.29) is 53.2 Å². The fourth-order valence-corrected chi connectivity index (χ4v) is 5.06.